The standard InChI is InChI=1S/C9H10ClN3O2/c1-13(5-8(11)14)9(15)6-2-3-12-7(10)4-6/h2-4H,5H2,1H3,(H2,11,14). The maximum atomic E-state index is 11.7. The second kappa shape index (κ2) is 4.75. The lowest BCUT2D eigenvalue weighted by molar-refractivity contribution is -0.118. The number of nitrogens with zero attached hydrogens (tertiary/aromatic N) is 2. The van der Waals surface area contributed by atoms with Crippen molar-refractivity contribution in [3.63, 3.8) is 0 Å². The number of primary amides is 1. The molecule has 0 atom stereocenters. The first-order valence-electron chi connectivity index (χ1n) is 4.16. The lowest BCUT2D eigenvalue weighted by Gasteiger charge is -2.14. The van der Waals surface area contributed by atoms with E-state index in [1.165, 1.54) is 30.3 Å². The maximum Gasteiger partial charge on any atom is 0.254 e. The second-order valence-corrected chi connectivity index (χ2v) is 3.38. The molecular weight excluding hydrogens is 218 g/mol. The summed E-state index contributed by atoms with van der Waals surface area (Å²) in [7, 11) is 1.49. The van der Waals surface area contributed by atoms with Crippen LogP contribution in [0.1, 0.15) is 10.4 Å². The Morgan fingerprint density at radius 2 is 2.27 bits per heavy atom. The largest absolute Gasteiger partial charge is 0.368 e. The molecule has 0 aliphatic carbocycles. The summed E-state index contributed by atoms with van der Waals surface area (Å²) in [6.45, 7) is -0.126. The van der Waals surface area contributed by atoms with Crippen molar-refractivity contribution in [1.29, 1.82) is 0 Å². The molecule has 0 radical (unpaired) electrons. The fourth-order valence-electron chi connectivity index (χ4n) is 1.06. The molecular formula is C9H10ClN3O2. The number of carbonyl (C=O) groups is 2. The van der Waals surface area contributed by atoms with Crippen molar-refractivity contribution in [3.8, 4) is 0 Å². The first-order valence-corrected chi connectivity index (χ1v) is 4.54. The third kappa shape index (κ3) is 3.21. The minimum atomic E-state index is -0.564. The predicted molar refractivity (Wildman–Crippen MR) is 55.4 cm³/mol. The predicted octanol–water partition coefficient (Wildman–Crippen LogP) is 0.292. The van der Waals surface area contributed by atoms with Crippen LogP contribution in [0.4, 0.5) is 0 Å². The van der Waals surface area contributed by atoms with Gasteiger partial charge in [0.05, 0.1) is 6.54 Å². The highest BCUT2D eigenvalue weighted by Gasteiger charge is 2.13. The van der Waals surface area contributed by atoms with Crippen LogP contribution in [-0.4, -0.2) is 35.3 Å². The Labute approximate surface area is 91.8 Å². The van der Waals surface area contributed by atoms with Gasteiger partial charge in [-0.25, -0.2) is 4.98 Å². The monoisotopic (exact) mass is 227 g/mol. The van der Waals surface area contributed by atoms with E-state index in [2.05, 4.69) is 4.98 Å². The van der Waals surface area contributed by atoms with Crippen molar-refractivity contribution in [1.82, 2.24) is 9.88 Å². The van der Waals surface area contributed by atoms with Crippen LogP contribution in [-0.2, 0) is 4.79 Å². The Morgan fingerprint density at radius 1 is 1.60 bits per heavy atom. The SMILES string of the molecule is CN(CC(N)=O)C(=O)c1ccnc(Cl)c1. The Kier molecular flexibility index (Phi) is 3.62. The highest BCUT2D eigenvalue weighted by atomic mass is 35.5. The van der Waals surface area contributed by atoms with Gasteiger partial charge in [0.25, 0.3) is 5.91 Å². The molecule has 0 saturated heterocycles. The summed E-state index contributed by atoms with van der Waals surface area (Å²) in [4.78, 5) is 27.2. The maximum absolute atomic E-state index is 11.7. The Balaban J connectivity index is 2.80. The molecule has 2 N–H and O–H groups in total. The number of aromatic nitrogens is 1. The Hall–Kier alpha value is -1.62. The van der Waals surface area contributed by atoms with Gasteiger partial charge in [0.1, 0.15) is 5.15 Å². The van der Waals surface area contributed by atoms with Gasteiger partial charge in [-0.1, -0.05) is 11.6 Å². The number of hydrogen-bond donors (Lipinski definition) is 1. The number of rotatable bonds is 3. The first-order chi connectivity index (χ1) is 7.00. The molecule has 1 aromatic heterocycles. The van der Waals surface area contributed by atoms with Crippen molar-refractivity contribution in [3.05, 3.63) is 29.0 Å². The van der Waals surface area contributed by atoms with E-state index < -0.39 is 5.91 Å². The Bertz CT molecular complexity index is 395. The molecule has 0 saturated carbocycles. The van der Waals surface area contributed by atoms with Crippen LogP contribution in [0, 0.1) is 0 Å². The molecule has 1 aromatic rings. The minimum Gasteiger partial charge on any atom is -0.368 e. The lowest BCUT2D eigenvalue weighted by atomic mass is 10.2. The summed E-state index contributed by atoms with van der Waals surface area (Å²) in [5.74, 6) is -0.885. The molecule has 0 spiro atoms. The molecule has 0 bridgehead atoms. The van der Waals surface area contributed by atoms with E-state index in [0.717, 1.165) is 0 Å². The number of carbonyl (C=O) groups excluding carboxylic acids is 2. The van der Waals surface area contributed by atoms with Gasteiger partial charge >= 0.3 is 0 Å². The van der Waals surface area contributed by atoms with Gasteiger partial charge in [-0.3, -0.25) is 9.59 Å². The van der Waals surface area contributed by atoms with Crippen LogP contribution >= 0.6 is 11.6 Å². The summed E-state index contributed by atoms with van der Waals surface area (Å²) < 4.78 is 0. The molecule has 5 nitrogen and oxygen atoms in total. The average Bonchev–Trinajstić information content (AvgIpc) is 2.15. The number of pyridine rings is 1. The zero-order valence-electron chi connectivity index (χ0n) is 8.11. The van der Waals surface area contributed by atoms with E-state index in [-0.39, 0.29) is 17.6 Å². The average molecular weight is 228 g/mol. The number of nitrogens with two attached hydrogens (primary N) is 1. The van der Waals surface area contributed by atoms with Crippen LogP contribution in [0.5, 0.6) is 0 Å². The van der Waals surface area contributed by atoms with E-state index in [9.17, 15) is 9.59 Å². The highest BCUT2D eigenvalue weighted by molar-refractivity contribution is 6.29. The summed E-state index contributed by atoms with van der Waals surface area (Å²) in [6.07, 6.45) is 1.42. The number of halogens is 1. The summed E-state index contributed by atoms with van der Waals surface area (Å²) in [5.41, 5.74) is 5.34. The van der Waals surface area contributed by atoms with Crippen molar-refractivity contribution >= 4 is 23.4 Å². The van der Waals surface area contributed by atoms with E-state index in [0.29, 0.717) is 5.56 Å². The van der Waals surface area contributed by atoms with Gasteiger partial charge in [0.15, 0.2) is 0 Å². The van der Waals surface area contributed by atoms with E-state index in [1.54, 1.807) is 0 Å². The zero-order chi connectivity index (χ0) is 11.4. The third-order valence-electron chi connectivity index (χ3n) is 1.71. The number of likely N-dealkylation sites (N-methyl/N-ethyl adjacent to an activating group) is 1. The van der Waals surface area contributed by atoms with Crippen LogP contribution in [0.15, 0.2) is 18.3 Å². The van der Waals surface area contributed by atoms with Gasteiger partial charge in [-0.2, -0.15) is 0 Å². The van der Waals surface area contributed by atoms with Gasteiger partial charge < -0.3 is 10.6 Å². The molecule has 0 unspecified atom stereocenters. The van der Waals surface area contributed by atoms with Crippen molar-refractivity contribution in [2.45, 2.75) is 0 Å². The third-order valence-corrected chi connectivity index (χ3v) is 1.92. The lowest BCUT2D eigenvalue weighted by Crippen LogP contribution is -2.35. The molecule has 0 aliphatic heterocycles. The molecule has 1 heterocycles. The number of amides is 2. The van der Waals surface area contributed by atoms with Crippen LogP contribution in [0.25, 0.3) is 0 Å². The summed E-state index contributed by atoms with van der Waals surface area (Å²) in [6, 6.07) is 2.95. The summed E-state index contributed by atoms with van der Waals surface area (Å²) in [5, 5.41) is 0.230. The van der Waals surface area contributed by atoms with Crippen molar-refractivity contribution < 1.29 is 9.59 Å². The van der Waals surface area contributed by atoms with Gasteiger partial charge in [0, 0.05) is 18.8 Å². The minimum absolute atomic E-state index is 0.126. The van der Waals surface area contributed by atoms with E-state index in [4.69, 9.17) is 17.3 Å². The van der Waals surface area contributed by atoms with Gasteiger partial charge in [-0.05, 0) is 12.1 Å². The number of hydrogen-bond acceptors (Lipinski definition) is 3. The van der Waals surface area contributed by atoms with E-state index in [1.807, 2.05) is 0 Å². The highest BCUT2D eigenvalue weighted by Crippen LogP contribution is 2.08. The smallest absolute Gasteiger partial charge is 0.254 e. The molecule has 2 amide bonds. The normalized spacial score (nSPS) is 9.73. The first kappa shape index (κ1) is 11.5. The van der Waals surface area contributed by atoms with Crippen LogP contribution in [0.2, 0.25) is 5.15 Å². The topological polar surface area (TPSA) is 76.3 Å². The quantitative estimate of drug-likeness (QED) is 0.755. The molecule has 0 aliphatic rings. The molecule has 80 valence electrons. The molecule has 0 aromatic carbocycles. The van der Waals surface area contributed by atoms with E-state index >= 15 is 0 Å². The van der Waals surface area contributed by atoms with Crippen LogP contribution in [0.3, 0.4) is 0 Å². The summed E-state index contributed by atoms with van der Waals surface area (Å²) >= 11 is 5.63. The van der Waals surface area contributed by atoms with Crippen molar-refractivity contribution in [2.75, 3.05) is 13.6 Å². The second-order valence-electron chi connectivity index (χ2n) is 2.99. The molecule has 1 rings (SSSR count). The fourth-order valence-corrected chi connectivity index (χ4v) is 1.24. The zero-order valence-corrected chi connectivity index (χ0v) is 8.86. The van der Waals surface area contributed by atoms with Gasteiger partial charge in [0.2, 0.25) is 5.91 Å². The molecule has 6 heteroatoms. The van der Waals surface area contributed by atoms with Crippen LogP contribution < -0.4 is 5.73 Å². The Morgan fingerprint density at radius 3 is 2.80 bits per heavy atom. The molecule has 0 fully saturated rings. The molecule has 15 heavy (non-hydrogen) atoms. The fraction of sp³-hybridized carbons (Fsp3) is 0.222. The van der Waals surface area contributed by atoms with Crippen molar-refractivity contribution in [2.24, 2.45) is 5.73 Å². The van der Waals surface area contributed by atoms with Gasteiger partial charge in [-0.15, -0.1) is 0 Å².